The number of amides is 1. The third kappa shape index (κ3) is 2.74. The van der Waals surface area contributed by atoms with Gasteiger partial charge in [0.1, 0.15) is 0 Å². The fourth-order valence-corrected chi connectivity index (χ4v) is 3.12. The minimum atomic E-state index is 0.319. The molecule has 2 aliphatic carbocycles. The smallest absolute Gasteiger partial charge is 0.223 e. The minimum Gasteiger partial charge on any atom is -0.356 e. The van der Waals surface area contributed by atoms with Gasteiger partial charge in [-0.25, -0.2) is 0 Å². The summed E-state index contributed by atoms with van der Waals surface area (Å²) in [6.07, 6.45) is 6.27. The molecule has 3 heteroatoms. The summed E-state index contributed by atoms with van der Waals surface area (Å²) in [7, 11) is 0. The van der Waals surface area contributed by atoms with E-state index in [0.29, 0.717) is 16.7 Å². The Morgan fingerprint density at radius 2 is 2.00 bits per heavy atom. The van der Waals surface area contributed by atoms with E-state index in [9.17, 15) is 4.79 Å². The topological polar surface area (TPSA) is 29.1 Å². The molecule has 0 saturated heterocycles. The largest absolute Gasteiger partial charge is 0.356 e. The summed E-state index contributed by atoms with van der Waals surface area (Å²) in [6.45, 7) is 2.93. The summed E-state index contributed by atoms with van der Waals surface area (Å²) in [5.74, 6) is 2.17. The lowest BCUT2D eigenvalue weighted by molar-refractivity contribution is -0.122. The maximum Gasteiger partial charge on any atom is 0.223 e. The zero-order chi connectivity index (χ0) is 10.8. The molecule has 0 bridgehead atoms. The van der Waals surface area contributed by atoms with Gasteiger partial charge in [0.15, 0.2) is 0 Å². The van der Waals surface area contributed by atoms with Crippen LogP contribution < -0.4 is 5.32 Å². The summed E-state index contributed by atoms with van der Waals surface area (Å²) >= 11 is 3.49. The van der Waals surface area contributed by atoms with Crippen LogP contribution in [0.4, 0.5) is 0 Å². The van der Waals surface area contributed by atoms with Gasteiger partial charge < -0.3 is 5.32 Å². The number of carbonyl (C=O) groups is 1. The van der Waals surface area contributed by atoms with E-state index < -0.39 is 0 Å². The van der Waals surface area contributed by atoms with Gasteiger partial charge in [0.05, 0.1) is 0 Å². The molecule has 2 saturated carbocycles. The molecule has 2 aliphatic rings. The predicted octanol–water partition coefficient (Wildman–Crippen LogP) is 2.71. The van der Waals surface area contributed by atoms with Gasteiger partial charge in [-0.2, -0.15) is 0 Å². The fourth-order valence-electron chi connectivity index (χ4n) is 2.89. The summed E-state index contributed by atoms with van der Waals surface area (Å²) in [6, 6.07) is 0. The SMILES string of the molecule is CC(Br)CCNC(=O)C1C2CCCCC21. The van der Waals surface area contributed by atoms with E-state index in [2.05, 4.69) is 28.2 Å². The third-order valence-electron chi connectivity index (χ3n) is 3.80. The number of carbonyl (C=O) groups excluding carboxylic acids is 1. The number of hydrogen-bond acceptors (Lipinski definition) is 1. The molecule has 0 aromatic rings. The Morgan fingerprint density at radius 3 is 2.53 bits per heavy atom. The zero-order valence-electron chi connectivity index (χ0n) is 9.34. The van der Waals surface area contributed by atoms with Crippen molar-refractivity contribution in [2.75, 3.05) is 6.54 Å². The average Bonchev–Trinajstić information content (AvgIpc) is 2.90. The molecule has 2 nitrogen and oxygen atoms in total. The van der Waals surface area contributed by atoms with E-state index in [1.165, 1.54) is 25.7 Å². The van der Waals surface area contributed by atoms with Gasteiger partial charge in [-0.3, -0.25) is 4.79 Å². The van der Waals surface area contributed by atoms with E-state index in [-0.39, 0.29) is 0 Å². The number of hydrogen-bond donors (Lipinski definition) is 1. The molecule has 15 heavy (non-hydrogen) atoms. The Morgan fingerprint density at radius 1 is 1.40 bits per heavy atom. The first-order valence-electron chi connectivity index (χ1n) is 6.12. The monoisotopic (exact) mass is 273 g/mol. The molecule has 0 aromatic carbocycles. The highest BCUT2D eigenvalue weighted by Crippen LogP contribution is 2.55. The first-order valence-corrected chi connectivity index (χ1v) is 7.03. The highest BCUT2D eigenvalue weighted by atomic mass is 79.9. The third-order valence-corrected chi connectivity index (χ3v) is 4.26. The molecule has 1 amide bonds. The van der Waals surface area contributed by atoms with Crippen molar-refractivity contribution >= 4 is 21.8 Å². The van der Waals surface area contributed by atoms with E-state index in [1.54, 1.807) is 0 Å². The van der Waals surface area contributed by atoms with Crippen molar-refractivity contribution < 1.29 is 4.79 Å². The molecule has 0 aliphatic heterocycles. The Hall–Kier alpha value is -0.0500. The van der Waals surface area contributed by atoms with Crippen molar-refractivity contribution in [3.05, 3.63) is 0 Å². The lowest BCUT2D eigenvalue weighted by Crippen LogP contribution is -2.28. The van der Waals surface area contributed by atoms with Crippen LogP contribution in [0.15, 0.2) is 0 Å². The highest BCUT2D eigenvalue weighted by molar-refractivity contribution is 9.09. The van der Waals surface area contributed by atoms with Crippen molar-refractivity contribution in [3.63, 3.8) is 0 Å². The minimum absolute atomic E-state index is 0.319. The summed E-state index contributed by atoms with van der Waals surface area (Å²) in [5, 5.41) is 3.06. The van der Waals surface area contributed by atoms with E-state index in [0.717, 1.165) is 24.8 Å². The second-order valence-electron chi connectivity index (χ2n) is 5.00. The van der Waals surface area contributed by atoms with Crippen LogP contribution in [0.1, 0.15) is 39.0 Å². The van der Waals surface area contributed by atoms with Crippen LogP contribution in [0.3, 0.4) is 0 Å². The molecule has 0 radical (unpaired) electrons. The van der Waals surface area contributed by atoms with Crippen LogP contribution in [-0.4, -0.2) is 17.3 Å². The van der Waals surface area contributed by atoms with E-state index in [4.69, 9.17) is 0 Å². The number of rotatable bonds is 4. The van der Waals surface area contributed by atoms with E-state index in [1.807, 2.05) is 0 Å². The Kier molecular flexibility index (Phi) is 3.70. The molecule has 0 spiro atoms. The molecule has 2 fully saturated rings. The van der Waals surface area contributed by atoms with Crippen molar-refractivity contribution in [3.8, 4) is 0 Å². The number of alkyl halides is 1. The Bertz CT molecular complexity index is 230. The number of halogens is 1. The molecular formula is C12H20BrNO. The number of nitrogens with one attached hydrogen (secondary N) is 1. The van der Waals surface area contributed by atoms with Gasteiger partial charge in [0, 0.05) is 17.3 Å². The van der Waals surface area contributed by atoms with Crippen LogP contribution in [0.5, 0.6) is 0 Å². The van der Waals surface area contributed by atoms with Gasteiger partial charge in [-0.1, -0.05) is 35.7 Å². The molecular weight excluding hydrogens is 254 g/mol. The standard InChI is InChI=1S/C12H20BrNO/c1-8(13)6-7-14-12(15)11-9-4-2-3-5-10(9)11/h8-11H,2-7H2,1H3,(H,14,15). The maximum absolute atomic E-state index is 11.8. The summed E-state index contributed by atoms with van der Waals surface area (Å²) < 4.78 is 0. The summed E-state index contributed by atoms with van der Waals surface area (Å²) in [4.78, 5) is 12.3. The molecule has 1 N–H and O–H groups in total. The maximum atomic E-state index is 11.8. The lowest BCUT2D eigenvalue weighted by atomic mass is 10.0. The molecule has 0 heterocycles. The molecule has 86 valence electrons. The van der Waals surface area contributed by atoms with Gasteiger partial charge >= 0.3 is 0 Å². The lowest BCUT2D eigenvalue weighted by Gasteiger charge is -2.05. The van der Waals surface area contributed by atoms with Crippen molar-refractivity contribution in [1.29, 1.82) is 0 Å². The van der Waals surface area contributed by atoms with Crippen molar-refractivity contribution in [2.24, 2.45) is 17.8 Å². The predicted molar refractivity (Wildman–Crippen MR) is 65.0 cm³/mol. The van der Waals surface area contributed by atoms with Gasteiger partial charge in [0.25, 0.3) is 0 Å². The van der Waals surface area contributed by atoms with Crippen LogP contribution in [0.2, 0.25) is 0 Å². The average molecular weight is 274 g/mol. The quantitative estimate of drug-likeness (QED) is 0.785. The van der Waals surface area contributed by atoms with Crippen molar-refractivity contribution in [2.45, 2.75) is 43.9 Å². The second-order valence-corrected chi connectivity index (χ2v) is 6.56. The first-order chi connectivity index (χ1) is 7.20. The van der Waals surface area contributed by atoms with Crippen LogP contribution in [0, 0.1) is 17.8 Å². The molecule has 2 rings (SSSR count). The zero-order valence-corrected chi connectivity index (χ0v) is 10.9. The fraction of sp³-hybridized carbons (Fsp3) is 0.917. The summed E-state index contributed by atoms with van der Waals surface area (Å²) in [5.41, 5.74) is 0. The molecule has 3 unspecified atom stereocenters. The molecule has 3 atom stereocenters. The van der Waals surface area contributed by atoms with E-state index >= 15 is 0 Å². The van der Waals surface area contributed by atoms with Gasteiger partial charge in [-0.15, -0.1) is 0 Å². The number of fused-ring (bicyclic) bond motifs is 1. The Balaban J connectivity index is 1.69. The van der Waals surface area contributed by atoms with Gasteiger partial charge in [0.2, 0.25) is 5.91 Å². The Labute approximate surface area is 100 Å². The van der Waals surface area contributed by atoms with Crippen LogP contribution in [0.25, 0.3) is 0 Å². The van der Waals surface area contributed by atoms with Crippen LogP contribution >= 0.6 is 15.9 Å². The molecule has 0 aromatic heterocycles. The highest BCUT2D eigenvalue weighted by Gasteiger charge is 2.54. The van der Waals surface area contributed by atoms with Crippen LogP contribution in [-0.2, 0) is 4.79 Å². The first kappa shape index (κ1) is 11.4. The second kappa shape index (κ2) is 4.86. The van der Waals surface area contributed by atoms with Gasteiger partial charge in [-0.05, 0) is 31.1 Å². The van der Waals surface area contributed by atoms with Crippen molar-refractivity contribution in [1.82, 2.24) is 5.32 Å². The normalized spacial score (nSPS) is 35.5.